The van der Waals surface area contributed by atoms with E-state index in [2.05, 4.69) is 6.92 Å². The summed E-state index contributed by atoms with van der Waals surface area (Å²) in [5, 5.41) is 0. The highest BCUT2D eigenvalue weighted by Gasteiger charge is 2.17. The summed E-state index contributed by atoms with van der Waals surface area (Å²) in [7, 11) is 0. The van der Waals surface area contributed by atoms with Crippen molar-refractivity contribution in [1.29, 1.82) is 0 Å². The molecule has 0 saturated carbocycles. The summed E-state index contributed by atoms with van der Waals surface area (Å²) >= 11 is 5.83. The van der Waals surface area contributed by atoms with E-state index in [1.54, 1.807) is 0 Å². The van der Waals surface area contributed by atoms with E-state index < -0.39 is 6.72 Å². The van der Waals surface area contributed by atoms with E-state index in [-0.39, 0.29) is 0 Å². The Morgan fingerprint density at radius 2 is 1.41 bits per heavy atom. The Morgan fingerprint density at radius 3 is 1.94 bits per heavy atom. The fraction of sp³-hybridized carbons (Fsp3) is 1.00. The van der Waals surface area contributed by atoms with Crippen molar-refractivity contribution in [2.45, 2.75) is 71.6 Å². The van der Waals surface area contributed by atoms with E-state index in [0.717, 1.165) is 19.3 Å². The van der Waals surface area contributed by atoms with Crippen LogP contribution in [0.5, 0.6) is 0 Å². The third-order valence-corrected chi connectivity index (χ3v) is 4.99. The molecule has 0 amide bonds. The summed E-state index contributed by atoms with van der Waals surface area (Å²) in [5.74, 6) is 0. The van der Waals surface area contributed by atoms with E-state index in [9.17, 15) is 4.57 Å². The van der Waals surface area contributed by atoms with Crippen molar-refractivity contribution in [3.8, 4) is 0 Å². The van der Waals surface area contributed by atoms with Crippen LogP contribution in [0.15, 0.2) is 0 Å². The van der Waals surface area contributed by atoms with E-state index in [4.69, 9.17) is 15.8 Å². The van der Waals surface area contributed by atoms with E-state index in [1.807, 2.05) is 6.92 Å². The molecule has 2 nitrogen and oxygen atoms in total. The maximum absolute atomic E-state index is 11.7. The minimum absolute atomic E-state index is 0.512. The van der Waals surface area contributed by atoms with Crippen molar-refractivity contribution in [2.75, 3.05) is 12.8 Å². The lowest BCUT2D eigenvalue weighted by Gasteiger charge is -2.10. The molecular weight excluding hydrogens is 255 g/mol. The minimum Gasteiger partial charge on any atom is -0.318 e. The lowest BCUT2D eigenvalue weighted by atomic mass is 10.1. The maximum Gasteiger partial charge on any atom is 0.290 e. The van der Waals surface area contributed by atoms with E-state index in [0.29, 0.717) is 12.8 Å². The Morgan fingerprint density at radius 1 is 0.882 bits per heavy atom. The predicted octanol–water partition coefficient (Wildman–Crippen LogP) is 5.99. The standard InChI is InChI=1S/C13H28ClO2P/c1-3-5-6-7-8-9-10-11-13-17(14,15)16-12-4-2/h3-13H2,1-2H3. The first-order valence-corrected chi connectivity index (χ1v) is 9.77. The molecular formula is C13H28ClO2P. The topological polar surface area (TPSA) is 26.3 Å². The number of hydrogen-bond donors (Lipinski definition) is 0. The fourth-order valence-electron chi connectivity index (χ4n) is 1.73. The molecule has 0 spiro atoms. The highest BCUT2D eigenvalue weighted by atomic mass is 35.7. The lowest BCUT2D eigenvalue weighted by Crippen LogP contribution is -1.92. The molecule has 104 valence electrons. The fourth-order valence-corrected chi connectivity index (χ4v) is 3.48. The summed E-state index contributed by atoms with van der Waals surface area (Å²) in [6.45, 7) is 1.93. The summed E-state index contributed by atoms with van der Waals surface area (Å²) < 4.78 is 16.8. The Balaban J connectivity index is 3.29. The molecule has 0 rings (SSSR count). The molecule has 1 atom stereocenters. The van der Waals surface area contributed by atoms with Gasteiger partial charge in [0.25, 0.3) is 6.72 Å². The van der Waals surface area contributed by atoms with Crippen LogP contribution in [0.2, 0.25) is 0 Å². The van der Waals surface area contributed by atoms with Crippen LogP contribution in [0.1, 0.15) is 71.6 Å². The number of halogens is 1. The summed E-state index contributed by atoms with van der Waals surface area (Å²) in [4.78, 5) is 0. The third-order valence-electron chi connectivity index (χ3n) is 2.77. The molecule has 0 N–H and O–H groups in total. The summed E-state index contributed by atoms with van der Waals surface area (Å²) in [6.07, 6.45) is 11.3. The van der Waals surface area contributed by atoms with Gasteiger partial charge in [-0.3, -0.25) is 4.57 Å². The van der Waals surface area contributed by atoms with Gasteiger partial charge in [-0.25, -0.2) is 0 Å². The largest absolute Gasteiger partial charge is 0.318 e. The molecule has 0 heterocycles. The molecule has 0 aliphatic carbocycles. The average molecular weight is 283 g/mol. The maximum atomic E-state index is 11.7. The normalized spacial score (nSPS) is 14.8. The van der Waals surface area contributed by atoms with Gasteiger partial charge in [-0.2, -0.15) is 0 Å². The van der Waals surface area contributed by atoms with Crippen LogP contribution in [0.25, 0.3) is 0 Å². The SMILES string of the molecule is CCCCCCCCCCP(=O)(Cl)OCCC. The monoisotopic (exact) mass is 282 g/mol. The highest BCUT2D eigenvalue weighted by molar-refractivity contribution is 7.85. The van der Waals surface area contributed by atoms with Gasteiger partial charge in [-0.1, -0.05) is 58.8 Å². The van der Waals surface area contributed by atoms with Crippen molar-refractivity contribution in [3.05, 3.63) is 0 Å². The van der Waals surface area contributed by atoms with Gasteiger partial charge < -0.3 is 4.52 Å². The van der Waals surface area contributed by atoms with Crippen molar-refractivity contribution in [2.24, 2.45) is 0 Å². The number of unbranched alkanes of at least 4 members (excludes halogenated alkanes) is 7. The van der Waals surface area contributed by atoms with Crippen LogP contribution in [0.3, 0.4) is 0 Å². The molecule has 0 aliphatic heterocycles. The van der Waals surface area contributed by atoms with E-state index in [1.165, 1.54) is 38.5 Å². The first-order valence-electron chi connectivity index (χ1n) is 7.05. The predicted molar refractivity (Wildman–Crippen MR) is 77.2 cm³/mol. The first kappa shape index (κ1) is 17.5. The van der Waals surface area contributed by atoms with Crippen LogP contribution in [-0.4, -0.2) is 12.8 Å². The van der Waals surface area contributed by atoms with Gasteiger partial charge in [-0.05, 0) is 24.1 Å². The Kier molecular flexibility index (Phi) is 11.9. The highest BCUT2D eigenvalue weighted by Crippen LogP contribution is 2.53. The molecule has 0 aromatic carbocycles. The molecule has 0 aromatic rings. The van der Waals surface area contributed by atoms with Crippen LogP contribution >= 0.6 is 18.0 Å². The van der Waals surface area contributed by atoms with Gasteiger partial charge in [-0.15, -0.1) is 0 Å². The van der Waals surface area contributed by atoms with Crippen molar-refractivity contribution < 1.29 is 9.09 Å². The zero-order chi connectivity index (χ0) is 13.0. The zero-order valence-electron chi connectivity index (χ0n) is 11.4. The van der Waals surface area contributed by atoms with Gasteiger partial charge in [0.05, 0.1) is 6.61 Å². The second-order valence-electron chi connectivity index (χ2n) is 4.62. The van der Waals surface area contributed by atoms with Gasteiger partial charge in [0.1, 0.15) is 0 Å². The molecule has 0 bridgehead atoms. The molecule has 4 heteroatoms. The van der Waals surface area contributed by atoms with Gasteiger partial charge in [0.2, 0.25) is 0 Å². The summed E-state index contributed by atoms with van der Waals surface area (Å²) in [6, 6.07) is 0. The average Bonchev–Trinajstić information content (AvgIpc) is 2.30. The lowest BCUT2D eigenvalue weighted by molar-refractivity contribution is 0.323. The Bertz CT molecular complexity index is 210. The Hall–Kier alpha value is 0.480. The van der Waals surface area contributed by atoms with Crippen LogP contribution in [0.4, 0.5) is 0 Å². The Labute approximate surface area is 112 Å². The second-order valence-corrected chi connectivity index (χ2v) is 8.05. The van der Waals surface area contributed by atoms with Crippen LogP contribution < -0.4 is 0 Å². The second kappa shape index (κ2) is 11.6. The van der Waals surface area contributed by atoms with E-state index >= 15 is 0 Å². The molecule has 0 aliphatic rings. The van der Waals surface area contributed by atoms with Gasteiger partial charge in [0, 0.05) is 6.16 Å². The first-order chi connectivity index (χ1) is 8.12. The van der Waals surface area contributed by atoms with Gasteiger partial charge >= 0.3 is 0 Å². The van der Waals surface area contributed by atoms with Crippen LogP contribution in [-0.2, 0) is 9.09 Å². The molecule has 0 radical (unpaired) electrons. The van der Waals surface area contributed by atoms with Crippen molar-refractivity contribution in [3.63, 3.8) is 0 Å². The van der Waals surface area contributed by atoms with Crippen molar-refractivity contribution in [1.82, 2.24) is 0 Å². The van der Waals surface area contributed by atoms with Crippen LogP contribution in [0, 0.1) is 0 Å². The molecule has 1 unspecified atom stereocenters. The molecule has 0 fully saturated rings. The molecule has 0 aromatic heterocycles. The van der Waals surface area contributed by atoms with Gasteiger partial charge in [0.15, 0.2) is 0 Å². The smallest absolute Gasteiger partial charge is 0.290 e. The minimum atomic E-state index is -2.80. The number of hydrogen-bond acceptors (Lipinski definition) is 2. The molecule has 17 heavy (non-hydrogen) atoms. The quantitative estimate of drug-likeness (QED) is 0.325. The number of rotatable bonds is 12. The third kappa shape index (κ3) is 12.7. The zero-order valence-corrected chi connectivity index (χ0v) is 13.1. The van der Waals surface area contributed by atoms with Crippen molar-refractivity contribution >= 4 is 18.0 Å². The summed E-state index contributed by atoms with van der Waals surface area (Å²) in [5.41, 5.74) is 0. The molecule has 0 saturated heterocycles.